The maximum atomic E-state index is 12.1. The molecule has 0 radical (unpaired) electrons. The Balaban J connectivity index is 2.38. The van der Waals surface area contributed by atoms with Crippen molar-refractivity contribution in [3.63, 3.8) is 0 Å². The molecule has 1 unspecified atom stereocenters. The maximum Gasteiger partial charge on any atom is 0.352 e. The van der Waals surface area contributed by atoms with Crippen LogP contribution in [-0.2, 0) is 0 Å². The van der Waals surface area contributed by atoms with E-state index in [-0.39, 0.29) is 5.69 Å². The van der Waals surface area contributed by atoms with Gasteiger partial charge in [0.15, 0.2) is 0 Å². The molecule has 2 rings (SSSR count). The molecule has 0 fully saturated rings. The molecule has 0 aliphatic heterocycles. The van der Waals surface area contributed by atoms with Gasteiger partial charge in [-0.2, -0.15) is 0 Å². The fraction of sp³-hybridized carbons (Fsp3) is 0.375. The van der Waals surface area contributed by atoms with Gasteiger partial charge in [0, 0.05) is 6.20 Å². The lowest BCUT2D eigenvalue weighted by Gasteiger charge is -2.29. The van der Waals surface area contributed by atoms with E-state index < -0.39 is 42.8 Å². The predicted octanol–water partition coefficient (Wildman–Crippen LogP) is -2.30. The topological polar surface area (TPSA) is 156 Å². The summed E-state index contributed by atoms with van der Waals surface area (Å²) >= 11 is 0. The van der Waals surface area contributed by atoms with E-state index in [4.69, 9.17) is 5.11 Å². The van der Waals surface area contributed by atoms with Gasteiger partial charge in [-0.05, 0) is 18.2 Å². The Kier molecular flexibility index (Phi) is 6.37. The smallest absolute Gasteiger partial charge is 0.352 e. The maximum absolute atomic E-state index is 12.1. The van der Waals surface area contributed by atoms with Gasteiger partial charge in [0.1, 0.15) is 30.5 Å². The Morgan fingerprint density at radius 2 is 1.56 bits per heavy atom. The summed E-state index contributed by atoms with van der Waals surface area (Å²) in [6, 6.07) is 9.52. The summed E-state index contributed by atoms with van der Waals surface area (Å²) in [5.74, 6) is 0. The molecule has 1 heterocycles. The van der Waals surface area contributed by atoms with E-state index in [1.807, 2.05) is 0 Å². The van der Waals surface area contributed by atoms with E-state index in [1.54, 1.807) is 30.3 Å². The van der Waals surface area contributed by atoms with Crippen LogP contribution in [0.2, 0.25) is 0 Å². The number of aliphatic hydroxyl groups excluding tert-OH is 6. The van der Waals surface area contributed by atoms with E-state index in [0.717, 1.165) is 10.8 Å². The molecule has 0 amide bonds. The summed E-state index contributed by atoms with van der Waals surface area (Å²) in [6.45, 7) is -0.842. The first-order chi connectivity index (χ1) is 11.9. The van der Waals surface area contributed by atoms with E-state index in [0.29, 0.717) is 5.69 Å². The summed E-state index contributed by atoms with van der Waals surface area (Å²) in [4.78, 5) is 15.7. The second-order valence-corrected chi connectivity index (χ2v) is 5.49. The van der Waals surface area contributed by atoms with E-state index in [1.165, 1.54) is 6.07 Å². The highest BCUT2D eigenvalue weighted by Gasteiger charge is 2.35. The lowest BCUT2D eigenvalue weighted by Crippen LogP contribution is -2.48. The summed E-state index contributed by atoms with van der Waals surface area (Å²) in [6.07, 6.45) is -8.14. The van der Waals surface area contributed by atoms with Gasteiger partial charge in [-0.3, -0.25) is 4.57 Å². The van der Waals surface area contributed by atoms with Gasteiger partial charge in [0.2, 0.25) is 0 Å². The van der Waals surface area contributed by atoms with Gasteiger partial charge in [-0.1, -0.05) is 18.2 Å². The van der Waals surface area contributed by atoms with Gasteiger partial charge in [-0.15, -0.1) is 0 Å². The number of rotatable bonds is 7. The molecule has 0 aliphatic rings. The average molecular weight is 352 g/mol. The number of aliphatic hydroxyl groups is 6. The second kappa shape index (κ2) is 8.30. The minimum absolute atomic E-state index is 0.0663. The van der Waals surface area contributed by atoms with Gasteiger partial charge in [0.25, 0.3) is 0 Å². The van der Waals surface area contributed by atoms with Crippen LogP contribution in [0.15, 0.2) is 47.4 Å². The third-order valence-corrected chi connectivity index (χ3v) is 3.80. The Hall–Kier alpha value is -2.14. The number of benzene rings is 1. The van der Waals surface area contributed by atoms with Crippen molar-refractivity contribution in [2.45, 2.75) is 30.5 Å². The number of hydrogen-bond acceptors (Lipinski definition) is 8. The zero-order chi connectivity index (χ0) is 18.6. The van der Waals surface area contributed by atoms with E-state index >= 15 is 0 Å². The molecule has 0 bridgehead atoms. The standard InChI is InChI=1S/C16H20N2O7/c19-8-11(20)13(22)15(24)14(23)12(21)10-6-7-17-16(25)18(10)9-4-2-1-3-5-9/h1-7,11-15,19-24H,8H2/t11-,12?,13-,14+,15+/m1/s1. The molecule has 6 N–H and O–H groups in total. The monoisotopic (exact) mass is 352 g/mol. The molecule has 2 aromatic rings. The van der Waals surface area contributed by atoms with Crippen LogP contribution in [0.1, 0.15) is 11.8 Å². The fourth-order valence-corrected chi connectivity index (χ4v) is 2.39. The van der Waals surface area contributed by atoms with Crippen molar-refractivity contribution < 1.29 is 30.6 Å². The largest absolute Gasteiger partial charge is 0.394 e. The highest BCUT2D eigenvalue weighted by molar-refractivity contribution is 5.34. The van der Waals surface area contributed by atoms with E-state index in [9.17, 15) is 30.3 Å². The van der Waals surface area contributed by atoms with Crippen molar-refractivity contribution in [2.75, 3.05) is 6.61 Å². The lowest BCUT2D eigenvalue weighted by molar-refractivity contribution is -0.142. The Labute approximate surface area is 142 Å². The number of hydrogen-bond donors (Lipinski definition) is 6. The van der Waals surface area contributed by atoms with Crippen LogP contribution in [0.25, 0.3) is 5.69 Å². The number of nitrogens with zero attached hydrogens (tertiary/aromatic N) is 2. The van der Waals surface area contributed by atoms with Crippen molar-refractivity contribution in [1.29, 1.82) is 0 Å². The average Bonchev–Trinajstić information content (AvgIpc) is 2.65. The molecule has 0 saturated carbocycles. The minimum Gasteiger partial charge on any atom is -0.394 e. The van der Waals surface area contributed by atoms with Crippen LogP contribution < -0.4 is 5.69 Å². The zero-order valence-electron chi connectivity index (χ0n) is 13.1. The Morgan fingerprint density at radius 1 is 0.920 bits per heavy atom. The van der Waals surface area contributed by atoms with E-state index in [2.05, 4.69) is 4.98 Å². The summed E-state index contributed by atoms with van der Waals surface area (Å²) < 4.78 is 1.05. The predicted molar refractivity (Wildman–Crippen MR) is 85.9 cm³/mol. The molecule has 0 saturated heterocycles. The first-order valence-electron chi connectivity index (χ1n) is 7.53. The van der Waals surface area contributed by atoms with Crippen LogP contribution in [-0.4, -0.2) is 71.2 Å². The molecule has 25 heavy (non-hydrogen) atoms. The summed E-state index contributed by atoms with van der Waals surface area (Å²) in [5, 5.41) is 58.3. The van der Waals surface area contributed by atoms with Crippen LogP contribution >= 0.6 is 0 Å². The Bertz CT molecular complexity index is 737. The first-order valence-corrected chi connectivity index (χ1v) is 7.53. The van der Waals surface area contributed by atoms with Gasteiger partial charge in [0.05, 0.1) is 18.0 Å². The van der Waals surface area contributed by atoms with Crippen molar-refractivity contribution in [3.8, 4) is 5.69 Å². The lowest BCUT2D eigenvalue weighted by atomic mass is 9.97. The van der Waals surface area contributed by atoms with Crippen LogP contribution in [0.5, 0.6) is 0 Å². The molecule has 1 aromatic heterocycles. The highest BCUT2D eigenvalue weighted by Crippen LogP contribution is 2.22. The summed E-state index contributed by atoms with van der Waals surface area (Å²) in [5.41, 5.74) is -0.392. The first kappa shape index (κ1) is 19.2. The van der Waals surface area contributed by atoms with Gasteiger partial charge < -0.3 is 30.6 Å². The fourth-order valence-electron chi connectivity index (χ4n) is 2.39. The molecule has 0 spiro atoms. The van der Waals surface area contributed by atoms with Crippen molar-refractivity contribution in [1.82, 2.24) is 9.55 Å². The SMILES string of the molecule is O=c1nccc(C(O)[C@H](O)[C@@H](O)[C@H](O)[C@H](O)CO)n1-c1ccccc1. The summed E-state index contributed by atoms with van der Waals surface area (Å²) in [7, 11) is 0. The highest BCUT2D eigenvalue weighted by atomic mass is 16.4. The molecular formula is C16H20N2O7. The molecule has 9 nitrogen and oxygen atoms in total. The zero-order valence-corrected chi connectivity index (χ0v) is 13.1. The minimum atomic E-state index is -1.97. The van der Waals surface area contributed by atoms with Gasteiger partial charge >= 0.3 is 5.69 Å². The van der Waals surface area contributed by atoms with Gasteiger partial charge in [-0.25, -0.2) is 9.78 Å². The number of aromatic nitrogens is 2. The van der Waals surface area contributed by atoms with Crippen LogP contribution in [0.3, 0.4) is 0 Å². The van der Waals surface area contributed by atoms with Crippen molar-refractivity contribution in [2.24, 2.45) is 0 Å². The van der Waals surface area contributed by atoms with Crippen molar-refractivity contribution >= 4 is 0 Å². The quantitative estimate of drug-likeness (QED) is 0.325. The molecule has 5 atom stereocenters. The second-order valence-electron chi connectivity index (χ2n) is 5.49. The van der Waals surface area contributed by atoms with Crippen LogP contribution in [0, 0.1) is 0 Å². The van der Waals surface area contributed by atoms with Crippen molar-refractivity contribution in [3.05, 3.63) is 58.8 Å². The normalized spacial score (nSPS) is 17.5. The third-order valence-electron chi connectivity index (χ3n) is 3.80. The number of para-hydroxylation sites is 1. The Morgan fingerprint density at radius 3 is 2.16 bits per heavy atom. The molecule has 0 aliphatic carbocycles. The molecule has 136 valence electrons. The van der Waals surface area contributed by atoms with Crippen LogP contribution in [0.4, 0.5) is 0 Å². The molecule has 9 heteroatoms. The molecule has 1 aromatic carbocycles. The molecular weight excluding hydrogens is 332 g/mol. The third kappa shape index (κ3) is 4.10.